The molecular formula is C26H34N4O2. The van der Waals surface area contributed by atoms with Crippen LogP contribution >= 0.6 is 0 Å². The number of nitrogens with zero attached hydrogens (tertiary/aromatic N) is 4. The summed E-state index contributed by atoms with van der Waals surface area (Å²) in [4.78, 5) is 39.2. The van der Waals surface area contributed by atoms with Crippen molar-refractivity contribution in [3.8, 4) is 0 Å². The van der Waals surface area contributed by atoms with Gasteiger partial charge in [-0.1, -0.05) is 44.2 Å². The zero-order valence-electron chi connectivity index (χ0n) is 19.7. The Morgan fingerprint density at radius 2 is 1.75 bits per heavy atom. The number of fused-ring (bicyclic) bond motifs is 1. The van der Waals surface area contributed by atoms with E-state index in [9.17, 15) is 9.59 Å². The van der Waals surface area contributed by atoms with Gasteiger partial charge in [-0.3, -0.25) is 14.5 Å². The van der Waals surface area contributed by atoms with Crippen LogP contribution < -0.4 is 4.90 Å². The number of carbonyl (C=O) groups excluding carboxylic acids is 2. The van der Waals surface area contributed by atoms with E-state index >= 15 is 0 Å². The largest absolute Gasteiger partial charge is 0.342 e. The van der Waals surface area contributed by atoms with Crippen molar-refractivity contribution in [2.45, 2.75) is 65.2 Å². The van der Waals surface area contributed by atoms with Crippen LogP contribution in [0.15, 0.2) is 30.3 Å². The standard InChI is InChI=1S/C26H34N4O2/c1-17(2)16-30-23(31)11-10-22-19(4)27-24(28-25(22)30)21-12-14-29(15-13-21)26(32)18(3)20-8-6-5-7-9-20/h5-9,17-18,21H,10-16H2,1-4H3/t18-/m1/s1. The van der Waals surface area contributed by atoms with Crippen LogP contribution in [0.2, 0.25) is 0 Å². The summed E-state index contributed by atoms with van der Waals surface area (Å²) in [5.74, 6) is 2.45. The van der Waals surface area contributed by atoms with Crippen LogP contribution in [-0.4, -0.2) is 46.3 Å². The summed E-state index contributed by atoms with van der Waals surface area (Å²) in [5.41, 5.74) is 3.16. The van der Waals surface area contributed by atoms with E-state index < -0.39 is 0 Å². The van der Waals surface area contributed by atoms with E-state index in [1.54, 1.807) is 0 Å². The van der Waals surface area contributed by atoms with Gasteiger partial charge in [0.2, 0.25) is 11.8 Å². The van der Waals surface area contributed by atoms with Gasteiger partial charge in [-0.05, 0) is 44.6 Å². The number of hydrogen-bond donors (Lipinski definition) is 0. The number of carbonyl (C=O) groups is 2. The normalized spacial score (nSPS) is 18.1. The minimum Gasteiger partial charge on any atom is -0.342 e. The Morgan fingerprint density at radius 3 is 2.41 bits per heavy atom. The van der Waals surface area contributed by atoms with Crippen molar-refractivity contribution in [3.63, 3.8) is 0 Å². The maximum Gasteiger partial charge on any atom is 0.229 e. The van der Waals surface area contributed by atoms with Gasteiger partial charge < -0.3 is 4.90 Å². The molecule has 2 aliphatic rings. The summed E-state index contributed by atoms with van der Waals surface area (Å²) in [6.45, 7) is 10.4. The summed E-state index contributed by atoms with van der Waals surface area (Å²) in [5, 5.41) is 0. The van der Waals surface area contributed by atoms with Crippen molar-refractivity contribution < 1.29 is 9.59 Å². The molecule has 4 rings (SSSR count). The Morgan fingerprint density at radius 1 is 1.06 bits per heavy atom. The lowest BCUT2D eigenvalue weighted by Gasteiger charge is -2.34. The lowest BCUT2D eigenvalue weighted by Crippen LogP contribution is -2.41. The van der Waals surface area contributed by atoms with Crippen molar-refractivity contribution in [1.29, 1.82) is 0 Å². The fourth-order valence-corrected chi connectivity index (χ4v) is 4.86. The fourth-order valence-electron chi connectivity index (χ4n) is 4.86. The second-order valence-electron chi connectivity index (χ2n) is 9.60. The van der Waals surface area contributed by atoms with Gasteiger partial charge in [-0.15, -0.1) is 0 Å². The molecule has 6 nitrogen and oxygen atoms in total. The van der Waals surface area contributed by atoms with Gasteiger partial charge in [-0.25, -0.2) is 9.97 Å². The van der Waals surface area contributed by atoms with Crippen molar-refractivity contribution in [3.05, 3.63) is 53.0 Å². The average molecular weight is 435 g/mol. The summed E-state index contributed by atoms with van der Waals surface area (Å²) in [6, 6.07) is 9.97. The number of rotatable bonds is 5. The van der Waals surface area contributed by atoms with Gasteiger partial charge in [0, 0.05) is 43.2 Å². The molecule has 0 radical (unpaired) electrons. The molecule has 2 aromatic rings. The predicted octanol–water partition coefficient (Wildman–Crippen LogP) is 4.23. The van der Waals surface area contributed by atoms with Crippen molar-refractivity contribution in [2.75, 3.05) is 24.5 Å². The average Bonchev–Trinajstić information content (AvgIpc) is 2.80. The van der Waals surface area contributed by atoms with E-state index in [4.69, 9.17) is 9.97 Å². The molecule has 6 heteroatoms. The molecule has 1 aromatic carbocycles. The number of aryl methyl sites for hydroxylation is 1. The zero-order chi connectivity index (χ0) is 22.8. The fraction of sp³-hybridized carbons (Fsp3) is 0.538. The van der Waals surface area contributed by atoms with Gasteiger partial charge in [0.25, 0.3) is 0 Å². The van der Waals surface area contributed by atoms with E-state index in [2.05, 4.69) is 13.8 Å². The van der Waals surface area contributed by atoms with Crippen molar-refractivity contribution in [1.82, 2.24) is 14.9 Å². The van der Waals surface area contributed by atoms with Gasteiger partial charge in [0.1, 0.15) is 11.6 Å². The molecule has 32 heavy (non-hydrogen) atoms. The molecule has 1 fully saturated rings. The molecule has 170 valence electrons. The molecule has 3 heterocycles. The van der Waals surface area contributed by atoms with Crippen molar-refractivity contribution in [2.24, 2.45) is 5.92 Å². The van der Waals surface area contributed by atoms with Crippen LogP contribution in [-0.2, 0) is 16.0 Å². The first kappa shape index (κ1) is 22.4. The van der Waals surface area contributed by atoms with Crippen LogP contribution in [0, 0.1) is 12.8 Å². The van der Waals surface area contributed by atoms with Gasteiger partial charge >= 0.3 is 0 Å². The minimum atomic E-state index is -0.134. The minimum absolute atomic E-state index is 0.134. The molecule has 1 aromatic heterocycles. The molecular weight excluding hydrogens is 400 g/mol. The van der Waals surface area contributed by atoms with Gasteiger partial charge in [0.05, 0.1) is 5.92 Å². The van der Waals surface area contributed by atoms with E-state index in [0.717, 1.165) is 60.8 Å². The van der Waals surface area contributed by atoms with Crippen LogP contribution in [0.25, 0.3) is 0 Å². The van der Waals surface area contributed by atoms with E-state index in [0.29, 0.717) is 18.9 Å². The van der Waals surface area contributed by atoms with E-state index in [-0.39, 0.29) is 23.7 Å². The first-order chi connectivity index (χ1) is 15.3. The number of likely N-dealkylation sites (tertiary alicyclic amines) is 1. The molecule has 0 N–H and O–H groups in total. The van der Waals surface area contributed by atoms with Crippen molar-refractivity contribution >= 4 is 17.6 Å². The number of hydrogen-bond acceptors (Lipinski definition) is 4. The highest BCUT2D eigenvalue weighted by atomic mass is 16.2. The van der Waals surface area contributed by atoms with E-state index in [1.807, 2.05) is 54.0 Å². The maximum atomic E-state index is 13.0. The molecule has 1 atom stereocenters. The highest BCUT2D eigenvalue weighted by Crippen LogP contribution is 2.33. The molecule has 0 unspecified atom stereocenters. The Kier molecular flexibility index (Phi) is 6.58. The Bertz CT molecular complexity index is 981. The number of piperidine rings is 1. The molecule has 0 aliphatic carbocycles. The summed E-state index contributed by atoms with van der Waals surface area (Å²) in [7, 11) is 0. The third-order valence-electron chi connectivity index (χ3n) is 6.74. The molecule has 2 aliphatic heterocycles. The second-order valence-corrected chi connectivity index (χ2v) is 9.60. The third-order valence-corrected chi connectivity index (χ3v) is 6.74. The van der Waals surface area contributed by atoms with Crippen LogP contribution in [0.5, 0.6) is 0 Å². The first-order valence-corrected chi connectivity index (χ1v) is 11.9. The van der Waals surface area contributed by atoms with Gasteiger partial charge in [-0.2, -0.15) is 0 Å². The third kappa shape index (κ3) is 4.54. The monoisotopic (exact) mass is 434 g/mol. The lowest BCUT2D eigenvalue weighted by atomic mass is 9.93. The maximum absolute atomic E-state index is 13.0. The Balaban J connectivity index is 1.48. The Labute approximate surface area is 191 Å². The molecule has 0 bridgehead atoms. The highest BCUT2D eigenvalue weighted by molar-refractivity contribution is 5.95. The molecule has 0 spiro atoms. The number of anilines is 1. The quantitative estimate of drug-likeness (QED) is 0.706. The Hall–Kier alpha value is -2.76. The lowest BCUT2D eigenvalue weighted by molar-refractivity contribution is -0.133. The summed E-state index contributed by atoms with van der Waals surface area (Å²) in [6.07, 6.45) is 2.95. The second kappa shape index (κ2) is 9.39. The number of amides is 2. The summed E-state index contributed by atoms with van der Waals surface area (Å²) < 4.78 is 0. The SMILES string of the molecule is Cc1nc(C2CCN(C(=O)[C@H](C)c3ccccc3)CC2)nc2c1CCC(=O)N2CC(C)C. The van der Waals surface area contributed by atoms with E-state index in [1.165, 1.54) is 0 Å². The molecule has 2 amide bonds. The first-order valence-electron chi connectivity index (χ1n) is 11.9. The molecule has 1 saturated heterocycles. The van der Waals surface area contributed by atoms with Gasteiger partial charge in [0.15, 0.2) is 0 Å². The van der Waals surface area contributed by atoms with Crippen LogP contribution in [0.4, 0.5) is 5.82 Å². The van der Waals surface area contributed by atoms with Crippen LogP contribution in [0.3, 0.4) is 0 Å². The summed E-state index contributed by atoms with van der Waals surface area (Å²) >= 11 is 0. The number of aromatic nitrogens is 2. The highest BCUT2D eigenvalue weighted by Gasteiger charge is 2.32. The smallest absolute Gasteiger partial charge is 0.229 e. The number of benzene rings is 1. The topological polar surface area (TPSA) is 66.4 Å². The van der Waals surface area contributed by atoms with Crippen LogP contribution in [0.1, 0.15) is 74.5 Å². The predicted molar refractivity (Wildman–Crippen MR) is 126 cm³/mol. The molecule has 0 saturated carbocycles. The zero-order valence-corrected chi connectivity index (χ0v) is 19.7.